The van der Waals surface area contributed by atoms with E-state index in [9.17, 15) is 23.4 Å². The van der Waals surface area contributed by atoms with Gasteiger partial charge in [-0.15, -0.1) is 0 Å². The van der Waals surface area contributed by atoms with Crippen molar-refractivity contribution in [1.82, 2.24) is 0 Å². The van der Waals surface area contributed by atoms with Gasteiger partial charge in [-0.05, 0) is 38.0 Å². The number of carbonyl (C=O) groups excluding carboxylic acids is 1. The van der Waals surface area contributed by atoms with E-state index in [1.54, 1.807) is 6.92 Å². The van der Waals surface area contributed by atoms with Gasteiger partial charge in [0, 0.05) is 0 Å². The number of phenols is 1. The van der Waals surface area contributed by atoms with Gasteiger partial charge in [0.05, 0.1) is 24.0 Å². The van der Waals surface area contributed by atoms with Crippen molar-refractivity contribution >= 4 is 21.7 Å². The van der Waals surface area contributed by atoms with Gasteiger partial charge in [0.15, 0.2) is 0 Å². The van der Waals surface area contributed by atoms with Crippen LogP contribution in [0.15, 0.2) is 18.2 Å². The summed E-state index contributed by atoms with van der Waals surface area (Å²) >= 11 is 0. The van der Waals surface area contributed by atoms with Crippen LogP contribution in [0.2, 0.25) is 0 Å². The van der Waals surface area contributed by atoms with E-state index in [-0.39, 0.29) is 23.6 Å². The summed E-state index contributed by atoms with van der Waals surface area (Å²) in [6, 6.07) is 3.81. The summed E-state index contributed by atoms with van der Waals surface area (Å²) in [5.41, 5.74) is 0.0980. The Morgan fingerprint density at radius 1 is 1.35 bits per heavy atom. The first-order valence-corrected chi connectivity index (χ1v) is 9.09. The number of esters is 1. The van der Waals surface area contributed by atoms with Gasteiger partial charge in [0.2, 0.25) is 10.0 Å². The summed E-state index contributed by atoms with van der Waals surface area (Å²) in [5, 5.41) is 18.9. The van der Waals surface area contributed by atoms with Crippen LogP contribution < -0.4 is 4.72 Å². The van der Waals surface area contributed by atoms with Crippen LogP contribution in [0.3, 0.4) is 0 Å². The van der Waals surface area contributed by atoms with Crippen LogP contribution in [-0.4, -0.2) is 42.6 Å². The highest BCUT2D eigenvalue weighted by Crippen LogP contribution is 2.30. The minimum absolute atomic E-state index is 0.0316. The normalized spacial score (nSPS) is 21.7. The molecule has 1 aromatic carbocycles. The van der Waals surface area contributed by atoms with Crippen molar-refractivity contribution in [2.45, 2.75) is 44.0 Å². The number of aliphatic hydroxyl groups is 1. The second-order valence-corrected chi connectivity index (χ2v) is 7.39. The van der Waals surface area contributed by atoms with Crippen molar-refractivity contribution in [3.63, 3.8) is 0 Å². The van der Waals surface area contributed by atoms with Crippen molar-refractivity contribution in [3.05, 3.63) is 23.8 Å². The number of anilines is 1. The molecule has 7 nitrogen and oxygen atoms in total. The Morgan fingerprint density at radius 3 is 2.65 bits per heavy atom. The maximum Gasteiger partial charge on any atom is 0.338 e. The van der Waals surface area contributed by atoms with Gasteiger partial charge in [-0.2, -0.15) is 0 Å². The van der Waals surface area contributed by atoms with E-state index in [0.717, 1.165) is 18.9 Å². The van der Waals surface area contributed by atoms with E-state index in [1.165, 1.54) is 12.1 Å². The highest BCUT2D eigenvalue weighted by Gasteiger charge is 2.34. The third-order valence-corrected chi connectivity index (χ3v) is 5.68. The lowest BCUT2D eigenvalue weighted by molar-refractivity contribution is 0.0526. The van der Waals surface area contributed by atoms with Crippen LogP contribution in [0.5, 0.6) is 5.75 Å². The Hall–Kier alpha value is -1.80. The van der Waals surface area contributed by atoms with Gasteiger partial charge in [-0.1, -0.05) is 12.8 Å². The molecule has 0 amide bonds. The minimum atomic E-state index is -3.83. The number of nitrogens with one attached hydrogen (secondary N) is 1. The first-order valence-electron chi connectivity index (χ1n) is 7.55. The molecule has 2 atom stereocenters. The zero-order chi connectivity index (χ0) is 17.0. The summed E-state index contributed by atoms with van der Waals surface area (Å²) in [4.78, 5) is 11.6. The standard InChI is InChI=1S/C15H21NO6S/c1-2-22-15(19)10-7-8-11(13(18)9-10)16-23(20,21)14-6-4-3-5-12(14)17/h7-9,12,14,16-18H,2-6H2,1H3/t12-,14-/m1/s1. The monoisotopic (exact) mass is 343 g/mol. The van der Waals surface area contributed by atoms with Crippen molar-refractivity contribution in [2.24, 2.45) is 0 Å². The molecule has 0 unspecified atom stereocenters. The predicted octanol–water partition coefficient (Wildman–Crippen LogP) is 1.61. The average Bonchev–Trinajstić information content (AvgIpc) is 2.49. The molecule has 0 heterocycles. The molecule has 23 heavy (non-hydrogen) atoms. The molecular formula is C15H21NO6S. The van der Waals surface area contributed by atoms with Gasteiger partial charge in [0.25, 0.3) is 0 Å². The Kier molecular flexibility index (Phi) is 5.48. The summed E-state index contributed by atoms with van der Waals surface area (Å²) in [7, 11) is -3.83. The number of aromatic hydroxyl groups is 1. The zero-order valence-electron chi connectivity index (χ0n) is 12.9. The lowest BCUT2D eigenvalue weighted by Gasteiger charge is -2.27. The number of rotatable bonds is 5. The summed E-state index contributed by atoms with van der Waals surface area (Å²) in [6.07, 6.45) is 1.43. The van der Waals surface area contributed by atoms with Crippen molar-refractivity contribution in [1.29, 1.82) is 0 Å². The fourth-order valence-electron chi connectivity index (χ4n) is 2.63. The van der Waals surface area contributed by atoms with Crippen LogP contribution in [-0.2, 0) is 14.8 Å². The largest absolute Gasteiger partial charge is 0.506 e. The Bertz CT molecular complexity index is 673. The van der Waals surface area contributed by atoms with Crippen LogP contribution in [0.4, 0.5) is 5.69 Å². The third-order valence-electron chi connectivity index (χ3n) is 3.83. The van der Waals surface area contributed by atoms with Crippen molar-refractivity contribution in [3.8, 4) is 5.75 Å². The number of hydrogen-bond donors (Lipinski definition) is 3. The number of ether oxygens (including phenoxy) is 1. The fraction of sp³-hybridized carbons (Fsp3) is 0.533. The van der Waals surface area contributed by atoms with Gasteiger partial charge in [-0.3, -0.25) is 4.72 Å². The number of sulfonamides is 1. The summed E-state index contributed by atoms with van der Waals surface area (Å²) in [6.45, 7) is 1.86. The number of carbonyl (C=O) groups is 1. The lowest BCUT2D eigenvalue weighted by Crippen LogP contribution is -2.40. The Morgan fingerprint density at radius 2 is 2.04 bits per heavy atom. The van der Waals surface area contributed by atoms with E-state index >= 15 is 0 Å². The molecule has 1 saturated carbocycles. The molecule has 0 aliphatic heterocycles. The SMILES string of the molecule is CCOC(=O)c1ccc(NS(=O)(=O)[C@@H]2CCCC[C@H]2O)c(O)c1. The first-order chi connectivity index (χ1) is 10.8. The number of benzene rings is 1. The summed E-state index contributed by atoms with van der Waals surface area (Å²) in [5.74, 6) is -0.968. The molecule has 0 radical (unpaired) electrons. The highest BCUT2D eigenvalue weighted by atomic mass is 32.2. The van der Waals surface area contributed by atoms with Crippen LogP contribution >= 0.6 is 0 Å². The molecule has 8 heteroatoms. The zero-order valence-corrected chi connectivity index (χ0v) is 13.7. The predicted molar refractivity (Wildman–Crippen MR) is 84.9 cm³/mol. The van der Waals surface area contributed by atoms with Gasteiger partial charge in [0.1, 0.15) is 11.0 Å². The fourth-order valence-corrected chi connectivity index (χ4v) is 4.28. The number of phenolic OH excluding ortho intramolecular Hbond substituents is 1. The second-order valence-electron chi connectivity index (χ2n) is 5.49. The number of hydrogen-bond acceptors (Lipinski definition) is 6. The van der Waals surface area contributed by atoms with Gasteiger partial charge < -0.3 is 14.9 Å². The molecule has 3 N–H and O–H groups in total. The molecule has 1 aromatic rings. The Labute approximate surface area is 135 Å². The van der Waals surface area contributed by atoms with Gasteiger partial charge >= 0.3 is 5.97 Å². The molecule has 1 aliphatic rings. The van der Waals surface area contributed by atoms with Crippen molar-refractivity contribution in [2.75, 3.05) is 11.3 Å². The van der Waals surface area contributed by atoms with Crippen LogP contribution in [0, 0.1) is 0 Å². The third kappa shape index (κ3) is 4.14. The van der Waals surface area contributed by atoms with Crippen LogP contribution in [0.25, 0.3) is 0 Å². The molecule has 0 spiro atoms. The molecule has 1 fully saturated rings. The molecular weight excluding hydrogens is 322 g/mol. The maximum atomic E-state index is 12.4. The molecule has 0 aromatic heterocycles. The topological polar surface area (TPSA) is 113 Å². The minimum Gasteiger partial charge on any atom is -0.506 e. The van der Waals surface area contributed by atoms with E-state index < -0.39 is 27.3 Å². The molecule has 2 rings (SSSR count). The van der Waals surface area contributed by atoms with Gasteiger partial charge in [-0.25, -0.2) is 13.2 Å². The highest BCUT2D eigenvalue weighted by molar-refractivity contribution is 7.93. The van der Waals surface area contributed by atoms with E-state index in [0.29, 0.717) is 12.8 Å². The van der Waals surface area contributed by atoms with Crippen LogP contribution in [0.1, 0.15) is 43.0 Å². The van der Waals surface area contributed by atoms with E-state index in [2.05, 4.69) is 4.72 Å². The quantitative estimate of drug-likeness (QED) is 0.553. The molecule has 128 valence electrons. The summed E-state index contributed by atoms with van der Waals surface area (Å²) < 4.78 is 31.8. The van der Waals surface area contributed by atoms with Crippen molar-refractivity contribution < 1.29 is 28.2 Å². The Balaban J connectivity index is 2.17. The first kappa shape index (κ1) is 17.6. The lowest BCUT2D eigenvalue weighted by atomic mass is 9.97. The number of aliphatic hydroxyl groups excluding tert-OH is 1. The molecule has 0 saturated heterocycles. The van der Waals surface area contributed by atoms with E-state index in [1.807, 2.05) is 0 Å². The maximum absolute atomic E-state index is 12.4. The average molecular weight is 343 g/mol. The molecule has 1 aliphatic carbocycles. The molecule has 0 bridgehead atoms. The smallest absolute Gasteiger partial charge is 0.338 e. The van der Waals surface area contributed by atoms with E-state index in [4.69, 9.17) is 4.74 Å². The second kappa shape index (κ2) is 7.18.